The molecule has 26 heavy (non-hydrogen) atoms. The van der Waals surface area contributed by atoms with Crippen molar-refractivity contribution in [2.75, 3.05) is 0 Å². The van der Waals surface area contributed by atoms with Gasteiger partial charge in [-0.2, -0.15) is 0 Å². The maximum absolute atomic E-state index is 12.4. The molecule has 1 amide bonds. The van der Waals surface area contributed by atoms with Crippen LogP contribution in [0.15, 0.2) is 39.5 Å². The van der Waals surface area contributed by atoms with Gasteiger partial charge in [-0.25, -0.2) is 4.79 Å². The topological polar surface area (TPSA) is 118 Å². The van der Waals surface area contributed by atoms with E-state index in [4.69, 9.17) is 8.94 Å². The van der Waals surface area contributed by atoms with Crippen molar-refractivity contribution < 1.29 is 23.6 Å². The largest absolute Gasteiger partial charge is 0.477 e. The summed E-state index contributed by atoms with van der Waals surface area (Å²) < 4.78 is 10.6. The molecule has 0 spiro atoms. The van der Waals surface area contributed by atoms with Crippen molar-refractivity contribution >= 4 is 11.9 Å². The Labute approximate surface area is 148 Å². The summed E-state index contributed by atoms with van der Waals surface area (Å²) in [5, 5.41) is 16.2. The second kappa shape index (κ2) is 6.83. The Hall–Kier alpha value is -3.42. The average Bonchev–Trinajstić information content (AvgIpc) is 3.19. The fourth-order valence-corrected chi connectivity index (χ4v) is 2.70. The van der Waals surface area contributed by atoms with E-state index in [9.17, 15) is 14.7 Å². The lowest BCUT2D eigenvalue weighted by atomic mass is 10.0. The molecule has 0 aliphatic heterocycles. The lowest BCUT2D eigenvalue weighted by Crippen LogP contribution is -2.27. The number of amides is 1. The van der Waals surface area contributed by atoms with Gasteiger partial charge in [-0.1, -0.05) is 5.16 Å². The van der Waals surface area contributed by atoms with E-state index in [2.05, 4.69) is 15.5 Å². The lowest BCUT2D eigenvalue weighted by Gasteiger charge is -2.11. The molecule has 3 rings (SSSR count). The van der Waals surface area contributed by atoms with Crippen LogP contribution in [0.1, 0.15) is 51.0 Å². The highest BCUT2D eigenvalue weighted by Gasteiger charge is 2.28. The molecule has 3 heterocycles. The summed E-state index contributed by atoms with van der Waals surface area (Å²) in [6, 6.07) is 4.27. The fraction of sp³-hybridized carbons (Fsp3) is 0.222. The number of pyridine rings is 1. The van der Waals surface area contributed by atoms with Gasteiger partial charge in [0.2, 0.25) is 0 Å². The quantitative estimate of drug-likeness (QED) is 0.721. The van der Waals surface area contributed by atoms with Crippen LogP contribution in [-0.4, -0.2) is 27.1 Å². The molecule has 8 heteroatoms. The minimum absolute atomic E-state index is 0.0579. The summed E-state index contributed by atoms with van der Waals surface area (Å²) in [5.41, 5.74) is 0.959. The molecular weight excluding hydrogens is 338 g/mol. The summed E-state index contributed by atoms with van der Waals surface area (Å²) in [5.74, 6) is -0.425. The molecule has 0 aliphatic rings. The lowest BCUT2D eigenvalue weighted by molar-refractivity contribution is 0.0692. The first-order valence-electron chi connectivity index (χ1n) is 7.89. The van der Waals surface area contributed by atoms with E-state index in [0.717, 1.165) is 0 Å². The van der Waals surface area contributed by atoms with Gasteiger partial charge < -0.3 is 19.4 Å². The Morgan fingerprint density at radius 3 is 2.65 bits per heavy atom. The van der Waals surface area contributed by atoms with Crippen LogP contribution in [0.3, 0.4) is 0 Å². The van der Waals surface area contributed by atoms with Crippen LogP contribution in [-0.2, 0) is 0 Å². The van der Waals surface area contributed by atoms with E-state index in [1.54, 1.807) is 45.2 Å². The molecule has 2 N–H and O–H groups in total. The number of aromatic carboxylic acids is 1. The van der Waals surface area contributed by atoms with Crippen LogP contribution >= 0.6 is 0 Å². The SMILES string of the molecule is Cc1cc(C(=O)NC(C)c2onc(-c3cccnc3)c2C(=O)O)c(C)o1. The number of carbonyl (C=O) groups excluding carboxylic acids is 1. The summed E-state index contributed by atoms with van der Waals surface area (Å²) >= 11 is 0. The monoisotopic (exact) mass is 355 g/mol. The van der Waals surface area contributed by atoms with E-state index in [0.29, 0.717) is 22.6 Å². The zero-order valence-corrected chi connectivity index (χ0v) is 14.4. The molecule has 0 aliphatic carbocycles. The van der Waals surface area contributed by atoms with Gasteiger partial charge in [-0.15, -0.1) is 0 Å². The van der Waals surface area contributed by atoms with E-state index in [1.807, 2.05) is 0 Å². The highest BCUT2D eigenvalue weighted by molar-refractivity contribution is 5.97. The van der Waals surface area contributed by atoms with Gasteiger partial charge in [0.15, 0.2) is 5.76 Å². The van der Waals surface area contributed by atoms with Crippen molar-refractivity contribution in [3.8, 4) is 11.3 Å². The van der Waals surface area contributed by atoms with Crippen LogP contribution in [0.5, 0.6) is 0 Å². The number of nitrogens with zero attached hydrogens (tertiary/aromatic N) is 2. The number of carboxylic acids is 1. The first-order chi connectivity index (χ1) is 12.4. The van der Waals surface area contributed by atoms with Crippen LogP contribution in [0, 0.1) is 13.8 Å². The molecule has 3 aromatic heterocycles. The second-order valence-electron chi connectivity index (χ2n) is 5.84. The molecule has 3 aromatic rings. The number of nitrogens with one attached hydrogen (secondary N) is 1. The zero-order valence-electron chi connectivity index (χ0n) is 14.4. The van der Waals surface area contributed by atoms with Gasteiger partial charge >= 0.3 is 5.97 Å². The number of rotatable bonds is 5. The molecule has 0 radical (unpaired) electrons. The van der Waals surface area contributed by atoms with E-state index < -0.39 is 12.0 Å². The Bertz CT molecular complexity index is 959. The average molecular weight is 355 g/mol. The minimum atomic E-state index is -1.20. The van der Waals surface area contributed by atoms with Gasteiger partial charge in [-0.05, 0) is 39.0 Å². The number of carbonyl (C=O) groups is 2. The van der Waals surface area contributed by atoms with Crippen LogP contribution in [0.2, 0.25) is 0 Å². The number of aryl methyl sites for hydroxylation is 2. The molecule has 0 aromatic carbocycles. The van der Waals surface area contributed by atoms with Gasteiger partial charge in [0.05, 0.1) is 11.6 Å². The smallest absolute Gasteiger partial charge is 0.341 e. The van der Waals surface area contributed by atoms with Crippen molar-refractivity contribution in [1.82, 2.24) is 15.5 Å². The first-order valence-corrected chi connectivity index (χ1v) is 7.89. The molecule has 1 atom stereocenters. The highest BCUT2D eigenvalue weighted by atomic mass is 16.5. The Balaban J connectivity index is 1.91. The molecule has 1 unspecified atom stereocenters. The summed E-state index contributed by atoms with van der Waals surface area (Å²) in [6.07, 6.45) is 3.07. The third-order valence-electron chi connectivity index (χ3n) is 3.89. The van der Waals surface area contributed by atoms with Crippen molar-refractivity contribution in [1.29, 1.82) is 0 Å². The molecule has 0 bridgehead atoms. The standard InChI is InChI=1S/C18H17N3O5/c1-9-7-13(11(3)25-9)17(22)20-10(2)16-14(18(23)24)15(21-26-16)12-5-4-6-19-8-12/h4-8,10H,1-3H3,(H,20,22)(H,23,24). The first kappa shape index (κ1) is 17.4. The van der Waals surface area contributed by atoms with Crippen molar-refractivity contribution in [2.45, 2.75) is 26.8 Å². The predicted molar refractivity (Wildman–Crippen MR) is 90.8 cm³/mol. The number of hydrogen-bond donors (Lipinski definition) is 2. The van der Waals surface area contributed by atoms with Gasteiger partial charge in [0, 0.05) is 18.0 Å². The third-order valence-corrected chi connectivity index (χ3v) is 3.89. The molecular formula is C18H17N3O5. The second-order valence-corrected chi connectivity index (χ2v) is 5.84. The third kappa shape index (κ3) is 3.21. The number of hydrogen-bond acceptors (Lipinski definition) is 6. The van der Waals surface area contributed by atoms with Crippen LogP contribution < -0.4 is 5.32 Å². The molecule has 8 nitrogen and oxygen atoms in total. The van der Waals surface area contributed by atoms with E-state index in [-0.39, 0.29) is 22.9 Å². The Morgan fingerprint density at radius 2 is 2.08 bits per heavy atom. The van der Waals surface area contributed by atoms with E-state index in [1.165, 1.54) is 6.20 Å². The fourth-order valence-electron chi connectivity index (χ4n) is 2.70. The minimum Gasteiger partial charge on any atom is -0.477 e. The maximum atomic E-state index is 12.4. The summed E-state index contributed by atoms with van der Waals surface area (Å²) in [6.45, 7) is 5.05. The van der Waals surface area contributed by atoms with Crippen molar-refractivity contribution in [2.24, 2.45) is 0 Å². The Kier molecular flexibility index (Phi) is 4.57. The van der Waals surface area contributed by atoms with Gasteiger partial charge in [0.25, 0.3) is 5.91 Å². The van der Waals surface area contributed by atoms with Crippen molar-refractivity contribution in [3.05, 3.63) is 59.0 Å². The molecule has 0 fully saturated rings. The zero-order chi connectivity index (χ0) is 18.8. The van der Waals surface area contributed by atoms with Gasteiger partial charge in [-0.3, -0.25) is 9.78 Å². The normalized spacial score (nSPS) is 12.0. The maximum Gasteiger partial charge on any atom is 0.341 e. The predicted octanol–water partition coefficient (Wildman–Crippen LogP) is 3.14. The highest BCUT2D eigenvalue weighted by Crippen LogP contribution is 2.29. The molecule has 0 saturated heterocycles. The van der Waals surface area contributed by atoms with Crippen molar-refractivity contribution in [3.63, 3.8) is 0 Å². The summed E-state index contributed by atoms with van der Waals surface area (Å²) in [4.78, 5) is 28.1. The number of carboxylic acid groups (broad SMARTS) is 1. The van der Waals surface area contributed by atoms with Crippen LogP contribution in [0.25, 0.3) is 11.3 Å². The van der Waals surface area contributed by atoms with Gasteiger partial charge in [0.1, 0.15) is 22.8 Å². The number of aromatic nitrogens is 2. The van der Waals surface area contributed by atoms with Crippen LogP contribution in [0.4, 0.5) is 0 Å². The molecule has 134 valence electrons. The molecule has 0 saturated carbocycles. The number of furan rings is 1. The Morgan fingerprint density at radius 1 is 1.31 bits per heavy atom. The summed E-state index contributed by atoms with van der Waals surface area (Å²) in [7, 11) is 0. The van der Waals surface area contributed by atoms with E-state index >= 15 is 0 Å².